The van der Waals surface area contributed by atoms with E-state index in [4.69, 9.17) is 0 Å². The maximum atomic E-state index is 12.3. The van der Waals surface area contributed by atoms with Crippen LogP contribution in [0, 0.1) is 6.92 Å². The lowest BCUT2D eigenvalue weighted by molar-refractivity contribution is -0.121. The van der Waals surface area contributed by atoms with Gasteiger partial charge in [0.1, 0.15) is 12.2 Å². The van der Waals surface area contributed by atoms with Crippen LogP contribution in [0.5, 0.6) is 0 Å². The van der Waals surface area contributed by atoms with E-state index in [1.807, 2.05) is 0 Å². The topological polar surface area (TPSA) is 80.2 Å². The molecular weight excluding hydrogens is 306 g/mol. The normalized spacial score (nSPS) is 14.0. The van der Waals surface area contributed by atoms with Gasteiger partial charge in [-0.2, -0.15) is 0 Å². The lowest BCUT2D eigenvalue weighted by atomic mass is 9.97. The summed E-state index contributed by atoms with van der Waals surface area (Å²) in [6, 6.07) is 3.27. The first kappa shape index (κ1) is 18.0. The number of anilines is 1. The van der Waals surface area contributed by atoms with Crippen LogP contribution in [0.25, 0.3) is 0 Å². The molecule has 1 heterocycles. The molecule has 6 nitrogen and oxygen atoms in total. The van der Waals surface area contributed by atoms with Crippen LogP contribution in [0.3, 0.4) is 0 Å². The number of allylic oxidation sites excluding steroid dienone is 1. The molecule has 130 valence electrons. The van der Waals surface area contributed by atoms with Gasteiger partial charge in [-0.3, -0.25) is 14.4 Å². The number of nitrogens with one attached hydrogen (secondary N) is 2. The van der Waals surface area contributed by atoms with Crippen LogP contribution in [0.15, 0.2) is 28.6 Å². The molecular formula is C18H25N3O3. The van der Waals surface area contributed by atoms with E-state index in [0.29, 0.717) is 12.2 Å². The van der Waals surface area contributed by atoms with Crippen molar-refractivity contribution in [2.45, 2.75) is 52.5 Å². The molecule has 0 saturated carbocycles. The molecule has 1 aromatic heterocycles. The highest BCUT2D eigenvalue weighted by Gasteiger charge is 2.11. The molecule has 24 heavy (non-hydrogen) atoms. The molecule has 6 heteroatoms. The van der Waals surface area contributed by atoms with Crippen molar-refractivity contribution >= 4 is 17.5 Å². The molecule has 0 fully saturated rings. The number of carbonyl (C=O) groups excluding carboxylic acids is 2. The second-order valence-electron chi connectivity index (χ2n) is 6.17. The summed E-state index contributed by atoms with van der Waals surface area (Å²) in [5, 5.41) is 5.35. The first-order valence-corrected chi connectivity index (χ1v) is 8.40. The minimum Gasteiger partial charge on any atom is -0.354 e. The Morgan fingerprint density at radius 1 is 1.25 bits per heavy atom. The van der Waals surface area contributed by atoms with Crippen molar-refractivity contribution in [1.82, 2.24) is 9.88 Å². The average molecular weight is 331 g/mol. The summed E-state index contributed by atoms with van der Waals surface area (Å²) in [6.07, 6.45) is 7.86. The molecule has 1 aliphatic carbocycles. The van der Waals surface area contributed by atoms with Crippen LogP contribution < -0.4 is 16.2 Å². The minimum absolute atomic E-state index is 0.0445. The van der Waals surface area contributed by atoms with Gasteiger partial charge in [-0.05, 0) is 51.2 Å². The Morgan fingerprint density at radius 2 is 2.04 bits per heavy atom. The highest BCUT2D eigenvalue weighted by atomic mass is 16.2. The van der Waals surface area contributed by atoms with Crippen LogP contribution >= 0.6 is 0 Å². The van der Waals surface area contributed by atoms with Crippen molar-refractivity contribution in [2.24, 2.45) is 0 Å². The molecule has 2 amide bonds. The lowest BCUT2D eigenvalue weighted by Crippen LogP contribution is -2.35. The quantitative estimate of drug-likeness (QED) is 0.784. The summed E-state index contributed by atoms with van der Waals surface area (Å²) in [5.41, 5.74) is 1.91. The third kappa shape index (κ3) is 5.08. The van der Waals surface area contributed by atoms with Crippen molar-refractivity contribution in [3.8, 4) is 0 Å². The first-order valence-electron chi connectivity index (χ1n) is 8.40. The van der Waals surface area contributed by atoms with Gasteiger partial charge < -0.3 is 15.2 Å². The Balaban J connectivity index is 1.94. The third-order valence-electron chi connectivity index (χ3n) is 4.16. The second-order valence-corrected chi connectivity index (χ2v) is 6.17. The van der Waals surface area contributed by atoms with Gasteiger partial charge in [0.15, 0.2) is 0 Å². The number of hydrogen-bond donors (Lipinski definition) is 2. The number of amides is 2. The van der Waals surface area contributed by atoms with E-state index in [1.165, 1.54) is 29.9 Å². The number of pyridine rings is 1. The fourth-order valence-corrected chi connectivity index (χ4v) is 2.85. The third-order valence-corrected chi connectivity index (χ3v) is 4.16. The van der Waals surface area contributed by atoms with Gasteiger partial charge in [-0.15, -0.1) is 0 Å². The maximum Gasteiger partial charge on any atom is 0.274 e. The van der Waals surface area contributed by atoms with E-state index >= 15 is 0 Å². The number of hydrogen-bond acceptors (Lipinski definition) is 3. The minimum atomic E-state index is -0.365. The molecule has 0 aliphatic heterocycles. The van der Waals surface area contributed by atoms with Crippen molar-refractivity contribution in [2.75, 3.05) is 11.9 Å². The molecule has 0 unspecified atom stereocenters. The zero-order chi connectivity index (χ0) is 17.5. The molecule has 2 rings (SSSR count). The Kier molecular flexibility index (Phi) is 6.35. The lowest BCUT2D eigenvalue weighted by Gasteiger charge is -2.14. The fourth-order valence-electron chi connectivity index (χ4n) is 2.85. The van der Waals surface area contributed by atoms with E-state index < -0.39 is 0 Å². The second kappa shape index (κ2) is 8.47. The smallest absolute Gasteiger partial charge is 0.274 e. The summed E-state index contributed by atoms with van der Waals surface area (Å²) in [5.74, 6) is -0.510. The van der Waals surface area contributed by atoms with Crippen molar-refractivity contribution in [3.05, 3.63) is 39.8 Å². The summed E-state index contributed by atoms with van der Waals surface area (Å²) in [7, 11) is 0. The van der Waals surface area contributed by atoms with Crippen molar-refractivity contribution in [1.29, 1.82) is 0 Å². The monoisotopic (exact) mass is 331 g/mol. The number of aromatic nitrogens is 1. The molecule has 0 saturated heterocycles. The van der Waals surface area contributed by atoms with E-state index in [-0.39, 0.29) is 29.6 Å². The fraction of sp³-hybridized carbons (Fsp3) is 0.500. The van der Waals surface area contributed by atoms with Crippen LogP contribution in [-0.2, 0) is 16.1 Å². The van der Waals surface area contributed by atoms with Gasteiger partial charge in [0, 0.05) is 19.2 Å². The Labute approximate surface area is 141 Å². The van der Waals surface area contributed by atoms with Gasteiger partial charge in [0.2, 0.25) is 11.8 Å². The first-order chi connectivity index (χ1) is 11.5. The van der Waals surface area contributed by atoms with E-state index in [1.54, 1.807) is 19.1 Å². The summed E-state index contributed by atoms with van der Waals surface area (Å²) >= 11 is 0. The summed E-state index contributed by atoms with van der Waals surface area (Å²) < 4.78 is 1.38. The van der Waals surface area contributed by atoms with Gasteiger partial charge >= 0.3 is 0 Å². The average Bonchev–Trinajstić information content (AvgIpc) is 2.55. The standard InChI is InChI=1S/C18H25N3O3/c1-13-8-9-16(20-14(2)22)18(24)21(13)12-17(23)19-11-10-15-6-4-3-5-7-15/h6,8-9H,3-5,7,10-12H2,1-2H3,(H,19,23)(H,20,22). The Morgan fingerprint density at radius 3 is 2.71 bits per heavy atom. The molecule has 0 atom stereocenters. The highest BCUT2D eigenvalue weighted by Crippen LogP contribution is 2.19. The van der Waals surface area contributed by atoms with Crippen LogP contribution in [-0.4, -0.2) is 22.9 Å². The molecule has 0 bridgehead atoms. The molecule has 0 aromatic carbocycles. The Bertz CT molecular complexity index is 704. The highest BCUT2D eigenvalue weighted by molar-refractivity contribution is 5.88. The zero-order valence-corrected chi connectivity index (χ0v) is 14.4. The SMILES string of the molecule is CC(=O)Nc1ccc(C)n(CC(=O)NCCC2=CCCCC2)c1=O. The van der Waals surface area contributed by atoms with E-state index in [2.05, 4.69) is 16.7 Å². The van der Waals surface area contributed by atoms with Crippen molar-refractivity contribution < 1.29 is 9.59 Å². The summed E-state index contributed by atoms with van der Waals surface area (Å²) in [6.45, 7) is 3.65. The molecule has 1 aliphatic rings. The van der Waals surface area contributed by atoms with Crippen LogP contribution in [0.4, 0.5) is 5.69 Å². The van der Waals surface area contributed by atoms with Gasteiger partial charge in [0.25, 0.3) is 5.56 Å². The molecule has 0 spiro atoms. The van der Waals surface area contributed by atoms with E-state index in [9.17, 15) is 14.4 Å². The van der Waals surface area contributed by atoms with Gasteiger partial charge in [0.05, 0.1) is 0 Å². The molecule has 1 aromatic rings. The summed E-state index contributed by atoms with van der Waals surface area (Å²) in [4.78, 5) is 35.6. The predicted molar refractivity (Wildman–Crippen MR) is 93.9 cm³/mol. The van der Waals surface area contributed by atoms with Gasteiger partial charge in [-0.25, -0.2) is 0 Å². The van der Waals surface area contributed by atoms with E-state index in [0.717, 1.165) is 19.3 Å². The van der Waals surface area contributed by atoms with Crippen LogP contribution in [0.2, 0.25) is 0 Å². The number of aryl methyl sites for hydroxylation is 1. The van der Waals surface area contributed by atoms with Crippen molar-refractivity contribution in [3.63, 3.8) is 0 Å². The predicted octanol–water partition coefficient (Wildman–Crippen LogP) is 2.12. The molecule has 0 radical (unpaired) electrons. The number of nitrogens with zero attached hydrogens (tertiary/aromatic N) is 1. The zero-order valence-electron chi connectivity index (χ0n) is 14.4. The molecule has 2 N–H and O–H groups in total. The number of carbonyl (C=O) groups is 2. The maximum absolute atomic E-state index is 12.3. The number of rotatable bonds is 6. The Hall–Kier alpha value is -2.37. The van der Waals surface area contributed by atoms with Crippen LogP contribution in [0.1, 0.15) is 44.7 Å². The largest absolute Gasteiger partial charge is 0.354 e. The van der Waals surface area contributed by atoms with Gasteiger partial charge in [-0.1, -0.05) is 11.6 Å².